The quantitative estimate of drug-likeness (QED) is 0.762. The van der Waals surface area contributed by atoms with E-state index in [4.69, 9.17) is 4.74 Å². The molecule has 2 aliphatic rings. The van der Waals surface area contributed by atoms with E-state index < -0.39 is 0 Å². The van der Waals surface area contributed by atoms with Gasteiger partial charge in [0, 0.05) is 32.7 Å². The van der Waals surface area contributed by atoms with Crippen LogP contribution in [0.1, 0.15) is 46.5 Å². The van der Waals surface area contributed by atoms with Crippen LogP contribution in [0.5, 0.6) is 0 Å². The van der Waals surface area contributed by atoms with Gasteiger partial charge in [-0.25, -0.2) is 0 Å². The van der Waals surface area contributed by atoms with Gasteiger partial charge in [-0.1, -0.05) is 27.2 Å². The smallest absolute Gasteiger partial charge is 0.0833 e. The molecule has 1 spiro atoms. The maximum atomic E-state index is 6.20. The maximum absolute atomic E-state index is 6.20. The van der Waals surface area contributed by atoms with E-state index in [0.717, 1.165) is 19.1 Å². The van der Waals surface area contributed by atoms with Crippen LogP contribution in [0.25, 0.3) is 0 Å². The van der Waals surface area contributed by atoms with Crippen LogP contribution >= 0.6 is 0 Å². The van der Waals surface area contributed by atoms with Crippen molar-refractivity contribution in [2.75, 3.05) is 45.9 Å². The topological polar surface area (TPSA) is 15.7 Å². The molecule has 112 valence electrons. The molecule has 3 heteroatoms. The van der Waals surface area contributed by atoms with Gasteiger partial charge in [-0.2, -0.15) is 0 Å². The second-order valence-electron chi connectivity index (χ2n) is 6.86. The van der Waals surface area contributed by atoms with E-state index in [9.17, 15) is 0 Å². The van der Waals surface area contributed by atoms with Crippen LogP contribution < -0.4 is 0 Å². The Morgan fingerprint density at radius 2 is 1.84 bits per heavy atom. The average Bonchev–Trinajstić information content (AvgIpc) is 2.39. The first kappa shape index (κ1) is 15.3. The number of unbranched alkanes of at least 4 members (excludes halogenated alkanes) is 1. The van der Waals surface area contributed by atoms with Gasteiger partial charge >= 0.3 is 0 Å². The molecule has 2 fully saturated rings. The summed E-state index contributed by atoms with van der Waals surface area (Å²) in [5, 5.41) is 0. The average molecular weight is 268 g/mol. The normalized spacial score (nSPS) is 25.3. The van der Waals surface area contributed by atoms with Gasteiger partial charge in [-0.05, 0) is 31.7 Å². The number of likely N-dealkylation sites (tertiary alicyclic amines) is 1. The molecule has 0 unspecified atom stereocenters. The Hall–Kier alpha value is -0.120. The standard InChI is InChI=1S/C16H32N2O/c1-4-5-8-18-11-12-19-16(14-18)6-9-17(10-7-16)13-15(2)3/h15H,4-14H2,1-3H3. The molecular formula is C16H32N2O. The zero-order valence-electron chi connectivity index (χ0n) is 13.2. The molecule has 0 atom stereocenters. The van der Waals surface area contributed by atoms with Gasteiger partial charge in [0.05, 0.1) is 12.2 Å². The lowest BCUT2D eigenvalue weighted by atomic mass is 9.89. The van der Waals surface area contributed by atoms with Crippen molar-refractivity contribution >= 4 is 0 Å². The summed E-state index contributed by atoms with van der Waals surface area (Å²) in [6.45, 7) is 15.1. The number of hydrogen-bond acceptors (Lipinski definition) is 3. The van der Waals surface area contributed by atoms with Gasteiger partial charge in [0.25, 0.3) is 0 Å². The van der Waals surface area contributed by atoms with Crippen molar-refractivity contribution in [1.29, 1.82) is 0 Å². The zero-order valence-corrected chi connectivity index (χ0v) is 13.2. The lowest BCUT2D eigenvalue weighted by molar-refractivity contribution is -0.136. The highest BCUT2D eigenvalue weighted by Gasteiger charge is 2.39. The minimum atomic E-state index is 0.180. The van der Waals surface area contributed by atoms with Gasteiger partial charge in [0.15, 0.2) is 0 Å². The Morgan fingerprint density at radius 1 is 1.11 bits per heavy atom. The molecule has 2 rings (SSSR count). The molecule has 2 saturated heterocycles. The van der Waals surface area contributed by atoms with Gasteiger partial charge < -0.3 is 9.64 Å². The SMILES string of the molecule is CCCCN1CCOC2(CCN(CC(C)C)CC2)C1. The first-order chi connectivity index (χ1) is 9.13. The molecule has 0 saturated carbocycles. The predicted molar refractivity (Wildman–Crippen MR) is 80.5 cm³/mol. The Labute approximate surface area is 119 Å². The van der Waals surface area contributed by atoms with E-state index in [1.165, 1.54) is 58.4 Å². The van der Waals surface area contributed by atoms with E-state index in [0.29, 0.717) is 0 Å². The Kier molecular flexibility index (Phi) is 5.67. The molecular weight excluding hydrogens is 236 g/mol. The van der Waals surface area contributed by atoms with Gasteiger partial charge in [0.2, 0.25) is 0 Å². The zero-order chi connectivity index (χ0) is 13.7. The monoisotopic (exact) mass is 268 g/mol. The molecule has 19 heavy (non-hydrogen) atoms. The summed E-state index contributed by atoms with van der Waals surface area (Å²) in [5.41, 5.74) is 0.180. The number of piperidine rings is 1. The third-order valence-corrected chi connectivity index (χ3v) is 4.55. The van der Waals surface area contributed by atoms with Crippen molar-refractivity contribution in [2.45, 2.75) is 52.1 Å². The molecule has 0 bridgehead atoms. The fourth-order valence-electron chi connectivity index (χ4n) is 3.46. The largest absolute Gasteiger partial charge is 0.372 e. The molecule has 0 N–H and O–H groups in total. The van der Waals surface area contributed by atoms with Crippen molar-refractivity contribution in [3.05, 3.63) is 0 Å². The molecule has 0 radical (unpaired) electrons. The highest BCUT2D eigenvalue weighted by atomic mass is 16.5. The maximum Gasteiger partial charge on any atom is 0.0833 e. The van der Waals surface area contributed by atoms with Crippen LogP contribution in [0.4, 0.5) is 0 Å². The predicted octanol–water partition coefficient (Wildman–Crippen LogP) is 2.61. The minimum Gasteiger partial charge on any atom is -0.372 e. The summed E-state index contributed by atoms with van der Waals surface area (Å²) in [6, 6.07) is 0. The van der Waals surface area contributed by atoms with Crippen LogP contribution in [0.2, 0.25) is 0 Å². The first-order valence-corrected chi connectivity index (χ1v) is 8.22. The van der Waals surface area contributed by atoms with Crippen LogP contribution in [-0.2, 0) is 4.74 Å². The van der Waals surface area contributed by atoms with E-state index in [1.807, 2.05) is 0 Å². The lowest BCUT2D eigenvalue weighted by Gasteiger charge is -2.47. The van der Waals surface area contributed by atoms with E-state index in [2.05, 4.69) is 30.6 Å². The number of rotatable bonds is 5. The highest BCUT2D eigenvalue weighted by Crippen LogP contribution is 2.30. The van der Waals surface area contributed by atoms with E-state index in [-0.39, 0.29) is 5.60 Å². The number of nitrogens with zero attached hydrogens (tertiary/aromatic N) is 2. The molecule has 3 nitrogen and oxygen atoms in total. The number of hydrogen-bond donors (Lipinski definition) is 0. The summed E-state index contributed by atoms with van der Waals surface area (Å²) in [5.74, 6) is 0.780. The molecule has 2 aliphatic heterocycles. The Balaban J connectivity index is 1.80. The van der Waals surface area contributed by atoms with Crippen molar-refractivity contribution in [3.8, 4) is 0 Å². The summed E-state index contributed by atoms with van der Waals surface area (Å²) in [6.07, 6.45) is 5.08. The van der Waals surface area contributed by atoms with Crippen molar-refractivity contribution < 1.29 is 4.74 Å². The van der Waals surface area contributed by atoms with E-state index >= 15 is 0 Å². The van der Waals surface area contributed by atoms with Crippen molar-refractivity contribution in [2.24, 2.45) is 5.92 Å². The molecule has 0 amide bonds. The summed E-state index contributed by atoms with van der Waals surface area (Å²) >= 11 is 0. The molecule has 0 aromatic heterocycles. The fourth-order valence-corrected chi connectivity index (χ4v) is 3.46. The lowest BCUT2D eigenvalue weighted by Crippen LogP contribution is -2.57. The third kappa shape index (κ3) is 4.44. The number of morpholine rings is 1. The first-order valence-electron chi connectivity index (χ1n) is 8.22. The summed E-state index contributed by atoms with van der Waals surface area (Å²) < 4.78 is 6.20. The summed E-state index contributed by atoms with van der Waals surface area (Å²) in [7, 11) is 0. The van der Waals surface area contributed by atoms with Gasteiger partial charge in [0.1, 0.15) is 0 Å². The Morgan fingerprint density at radius 3 is 2.47 bits per heavy atom. The molecule has 0 aromatic rings. The van der Waals surface area contributed by atoms with Gasteiger partial charge in [-0.15, -0.1) is 0 Å². The molecule has 0 aromatic carbocycles. The second kappa shape index (κ2) is 7.05. The van der Waals surface area contributed by atoms with E-state index in [1.54, 1.807) is 0 Å². The van der Waals surface area contributed by atoms with Crippen LogP contribution in [-0.4, -0.2) is 61.3 Å². The highest BCUT2D eigenvalue weighted by molar-refractivity contribution is 4.92. The Bertz CT molecular complexity index is 259. The van der Waals surface area contributed by atoms with Crippen molar-refractivity contribution in [3.63, 3.8) is 0 Å². The third-order valence-electron chi connectivity index (χ3n) is 4.55. The van der Waals surface area contributed by atoms with Crippen LogP contribution in [0, 0.1) is 5.92 Å². The molecule has 0 aliphatic carbocycles. The minimum absolute atomic E-state index is 0.180. The number of ether oxygens (including phenoxy) is 1. The summed E-state index contributed by atoms with van der Waals surface area (Å²) in [4.78, 5) is 5.25. The molecule has 2 heterocycles. The fraction of sp³-hybridized carbons (Fsp3) is 1.00. The second-order valence-corrected chi connectivity index (χ2v) is 6.86. The van der Waals surface area contributed by atoms with Crippen LogP contribution in [0.15, 0.2) is 0 Å². The van der Waals surface area contributed by atoms with Crippen LogP contribution in [0.3, 0.4) is 0 Å². The van der Waals surface area contributed by atoms with Gasteiger partial charge in [-0.3, -0.25) is 4.90 Å². The van der Waals surface area contributed by atoms with Crippen molar-refractivity contribution in [1.82, 2.24) is 9.80 Å².